The molecule has 0 saturated carbocycles. The van der Waals surface area contributed by atoms with E-state index < -0.39 is 0 Å². The van der Waals surface area contributed by atoms with Gasteiger partial charge >= 0.3 is 0 Å². The number of carbonyl (C=O) groups excluding carboxylic acids is 1. The van der Waals surface area contributed by atoms with Crippen LogP contribution in [0, 0.1) is 5.82 Å². The molecule has 0 aliphatic rings. The van der Waals surface area contributed by atoms with E-state index in [4.69, 9.17) is 18.9 Å². The van der Waals surface area contributed by atoms with Gasteiger partial charge in [-0.1, -0.05) is 11.8 Å². The van der Waals surface area contributed by atoms with Gasteiger partial charge in [-0.15, -0.1) is 10.2 Å². The van der Waals surface area contributed by atoms with Crippen LogP contribution in [0.25, 0.3) is 22.2 Å². The molecule has 1 N–H and O–H groups in total. The maximum absolute atomic E-state index is 13.3. The van der Waals surface area contributed by atoms with Gasteiger partial charge in [0.2, 0.25) is 5.91 Å². The summed E-state index contributed by atoms with van der Waals surface area (Å²) in [4.78, 5) is 17.8. The average Bonchev–Trinajstić information content (AvgIpc) is 3.39. The van der Waals surface area contributed by atoms with Gasteiger partial charge in [0, 0.05) is 42.4 Å². The van der Waals surface area contributed by atoms with Crippen molar-refractivity contribution in [2.24, 2.45) is 7.05 Å². The first-order chi connectivity index (χ1) is 20.8. The van der Waals surface area contributed by atoms with Crippen LogP contribution in [-0.4, -0.2) is 59.8 Å². The Balaban J connectivity index is 1.40. The Labute approximate surface area is 252 Å². The molecule has 12 heteroatoms. The van der Waals surface area contributed by atoms with Crippen LogP contribution in [0.3, 0.4) is 0 Å². The molecule has 0 bridgehead atoms. The number of nitrogens with one attached hydrogen (secondary N) is 1. The highest BCUT2D eigenvalue weighted by molar-refractivity contribution is 7.99. The fraction of sp³-hybridized carbons (Fsp3) is 0.226. The zero-order valence-corrected chi connectivity index (χ0v) is 25.1. The van der Waals surface area contributed by atoms with Crippen molar-refractivity contribution in [3.8, 4) is 34.4 Å². The molecule has 0 fully saturated rings. The number of aromatic nitrogens is 4. The van der Waals surface area contributed by atoms with Crippen LogP contribution in [0.2, 0.25) is 0 Å². The number of halogens is 1. The largest absolute Gasteiger partial charge is 0.493 e. The van der Waals surface area contributed by atoms with Crippen molar-refractivity contribution in [3.05, 3.63) is 77.9 Å². The number of thioether (sulfide) groups is 1. The van der Waals surface area contributed by atoms with Crippen LogP contribution in [-0.2, 0) is 18.3 Å². The van der Waals surface area contributed by atoms with Crippen LogP contribution < -0.4 is 24.3 Å². The summed E-state index contributed by atoms with van der Waals surface area (Å²) in [6.07, 6.45) is 2.13. The Hall–Kier alpha value is -4.84. The van der Waals surface area contributed by atoms with Gasteiger partial charge in [0.1, 0.15) is 5.82 Å². The molecule has 10 nitrogen and oxygen atoms in total. The Morgan fingerprint density at radius 1 is 0.884 bits per heavy atom. The highest BCUT2D eigenvalue weighted by Gasteiger charge is 2.18. The molecule has 0 aliphatic carbocycles. The molecule has 43 heavy (non-hydrogen) atoms. The number of benzene rings is 3. The van der Waals surface area contributed by atoms with Crippen molar-refractivity contribution in [2.75, 3.05) is 39.5 Å². The lowest BCUT2D eigenvalue weighted by molar-refractivity contribution is -0.113. The van der Waals surface area contributed by atoms with E-state index in [9.17, 15) is 9.18 Å². The molecule has 5 aromatic rings. The van der Waals surface area contributed by atoms with Gasteiger partial charge in [-0.3, -0.25) is 9.78 Å². The molecule has 0 unspecified atom stereocenters. The molecule has 2 aromatic heterocycles. The number of amides is 1. The second-order valence-electron chi connectivity index (χ2n) is 9.44. The first-order valence-corrected chi connectivity index (χ1v) is 14.2. The van der Waals surface area contributed by atoms with Crippen molar-refractivity contribution >= 4 is 34.1 Å². The second kappa shape index (κ2) is 13.0. The first kappa shape index (κ1) is 29.6. The maximum atomic E-state index is 13.3. The number of carbonyl (C=O) groups is 1. The molecule has 0 aliphatic heterocycles. The van der Waals surface area contributed by atoms with Gasteiger partial charge in [-0.25, -0.2) is 4.39 Å². The summed E-state index contributed by atoms with van der Waals surface area (Å²) in [6, 6.07) is 15.3. The van der Waals surface area contributed by atoms with E-state index in [1.54, 1.807) is 57.3 Å². The van der Waals surface area contributed by atoms with E-state index in [2.05, 4.69) is 20.5 Å². The van der Waals surface area contributed by atoms with Gasteiger partial charge in [0.25, 0.3) is 0 Å². The average molecular weight is 604 g/mol. The maximum Gasteiger partial charge on any atom is 0.234 e. The molecule has 1 amide bonds. The van der Waals surface area contributed by atoms with Gasteiger partial charge in [-0.05, 0) is 59.5 Å². The third-order valence-electron chi connectivity index (χ3n) is 6.86. The van der Waals surface area contributed by atoms with Gasteiger partial charge < -0.3 is 28.8 Å². The molecule has 0 radical (unpaired) electrons. The minimum Gasteiger partial charge on any atom is -0.493 e. The molecule has 0 saturated heterocycles. The van der Waals surface area contributed by atoms with Crippen molar-refractivity contribution in [1.29, 1.82) is 0 Å². The van der Waals surface area contributed by atoms with E-state index in [1.165, 1.54) is 31.0 Å². The lowest BCUT2D eigenvalue weighted by Crippen LogP contribution is -2.16. The predicted octanol–water partition coefficient (Wildman–Crippen LogP) is 5.53. The van der Waals surface area contributed by atoms with Crippen LogP contribution in [0.4, 0.5) is 10.1 Å². The van der Waals surface area contributed by atoms with Crippen molar-refractivity contribution < 1.29 is 28.1 Å². The number of hydrogen-bond donors (Lipinski definition) is 1. The van der Waals surface area contributed by atoms with E-state index in [0.29, 0.717) is 46.1 Å². The molecule has 0 atom stereocenters. The Kier molecular flexibility index (Phi) is 8.96. The SMILES string of the molecule is COc1cc(Cc2nccc3cc(OC)c(OC)cc23)c(NC(=O)CSc2nnc(-c3ccc(F)cc3)n2C)cc1OC. The number of methoxy groups -OCH3 is 4. The lowest BCUT2D eigenvalue weighted by Gasteiger charge is -2.17. The Morgan fingerprint density at radius 2 is 1.53 bits per heavy atom. The normalized spacial score (nSPS) is 10.9. The monoisotopic (exact) mass is 603 g/mol. The highest BCUT2D eigenvalue weighted by atomic mass is 32.2. The minimum atomic E-state index is -0.331. The summed E-state index contributed by atoms with van der Waals surface area (Å²) in [5.41, 5.74) is 2.85. The molecule has 0 spiro atoms. The van der Waals surface area contributed by atoms with Crippen molar-refractivity contribution in [2.45, 2.75) is 11.6 Å². The standard InChI is InChI=1S/C31H30FN5O5S/c1-37-30(18-6-8-21(32)9-7-18)35-36-31(37)43-17-29(38)34-23-16-28(42-5)26(40-3)14-20(23)12-24-22-15-27(41-4)25(39-2)13-19(22)10-11-33-24/h6-11,13-16H,12,17H2,1-5H3,(H,34,38). The summed E-state index contributed by atoms with van der Waals surface area (Å²) in [5.74, 6) is 2.28. The summed E-state index contributed by atoms with van der Waals surface area (Å²) in [6.45, 7) is 0. The number of rotatable bonds is 11. The number of anilines is 1. The summed E-state index contributed by atoms with van der Waals surface area (Å²) < 4.78 is 37.2. The van der Waals surface area contributed by atoms with Crippen LogP contribution in [0.15, 0.2) is 66.0 Å². The minimum absolute atomic E-state index is 0.0761. The zero-order valence-electron chi connectivity index (χ0n) is 24.3. The molecule has 3 aromatic carbocycles. The van der Waals surface area contributed by atoms with E-state index in [-0.39, 0.29) is 17.5 Å². The summed E-state index contributed by atoms with van der Waals surface area (Å²) in [7, 11) is 8.08. The van der Waals surface area contributed by atoms with Gasteiger partial charge in [0.05, 0.1) is 39.9 Å². The third kappa shape index (κ3) is 6.33. The first-order valence-electron chi connectivity index (χ1n) is 13.2. The highest BCUT2D eigenvalue weighted by Crippen LogP contribution is 2.37. The van der Waals surface area contributed by atoms with E-state index in [0.717, 1.165) is 27.6 Å². The molecule has 222 valence electrons. The number of ether oxygens (including phenoxy) is 4. The van der Waals surface area contributed by atoms with Crippen molar-refractivity contribution in [3.63, 3.8) is 0 Å². The third-order valence-corrected chi connectivity index (χ3v) is 7.88. The van der Waals surface area contributed by atoms with E-state index >= 15 is 0 Å². The van der Waals surface area contributed by atoms with Crippen LogP contribution >= 0.6 is 11.8 Å². The van der Waals surface area contributed by atoms with Crippen LogP contribution in [0.5, 0.6) is 23.0 Å². The Morgan fingerprint density at radius 3 is 2.23 bits per heavy atom. The Bertz CT molecular complexity index is 1780. The zero-order chi connectivity index (χ0) is 30.5. The topological polar surface area (TPSA) is 110 Å². The molecule has 5 rings (SSSR count). The van der Waals surface area contributed by atoms with Crippen molar-refractivity contribution in [1.82, 2.24) is 19.7 Å². The second-order valence-corrected chi connectivity index (χ2v) is 10.4. The molecular weight excluding hydrogens is 573 g/mol. The smallest absolute Gasteiger partial charge is 0.234 e. The van der Waals surface area contributed by atoms with Crippen LogP contribution in [0.1, 0.15) is 11.3 Å². The molecule has 2 heterocycles. The molecular formula is C31H30FN5O5S. The lowest BCUT2D eigenvalue weighted by atomic mass is 10.0. The fourth-order valence-electron chi connectivity index (χ4n) is 4.67. The van der Waals surface area contributed by atoms with Gasteiger partial charge in [-0.2, -0.15) is 0 Å². The van der Waals surface area contributed by atoms with Gasteiger partial charge in [0.15, 0.2) is 34.0 Å². The quantitative estimate of drug-likeness (QED) is 0.195. The fourth-order valence-corrected chi connectivity index (χ4v) is 5.38. The number of fused-ring (bicyclic) bond motifs is 1. The number of hydrogen-bond acceptors (Lipinski definition) is 9. The number of nitrogens with zero attached hydrogens (tertiary/aromatic N) is 4. The number of pyridine rings is 1. The summed E-state index contributed by atoms with van der Waals surface area (Å²) in [5, 5.41) is 13.8. The summed E-state index contributed by atoms with van der Waals surface area (Å²) >= 11 is 1.24. The predicted molar refractivity (Wildman–Crippen MR) is 163 cm³/mol. The van der Waals surface area contributed by atoms with E-state index in [1.807, 2.05) is 24.3 Å².